The highest BCUT2D eigenvalue weighted by atomic mass is 127. The predicted octanol–water partition coefficient (Wildman–Crippen LogP) is 4.14. The van der Waals surface area contributed by atoms with E-state index in [4.69, 9.17) is 23.2 Å². The standard InChI is InChI=1S/C20H24Cl2N4O.HI/c1-2-23-20(25-11-10-15-6-5-7-16(21)14-15)26-13-12-24-19(27)17-8-3-4-9-18(17)22;/h3-9,14H,2,10-13H2,1H3,(H,24,27)(H2,23,25,26);1H. The Balaban J connectivity index is 0.00000392. The highest BCUT2D eigenvalue weighted by Gasteiger charge is 2.08. The smallest absolute Gasteiger partial charge is 0.252 e. The first kappa shape index (κ1) is 24.5. The van der Waals surface area contributed by atoms with Crippen molar-refractivity contribution in [3.05, 3.63) is 69.7 Å². The number of hydrogen-bond acceptors (Lipinski definition) is 2. The zero-order valence-corrected chi connectivity index (χ0v) is 19.5. The van der Waals surface area contributed by atoms with Crippen LogP contribution < -0.4 is 16.0 Å². The van der Waals surface area contributed by atoms with Gasteiger partial charge in [-0.15, -0.1) is 24.0 Å². The normalized spacial score (nSPS) is 10.8. The average Bonchev–Trinajstić information content (AvgIpc) is 2.65. The monoisotopic (exact) mass is 534 g/mol. The summed E-state index contributed by atoms with van der Waals surface area (Å²) in [7, 11) is 0. The largest absolute Gasteiger partial charge is 0.357 e. The molecule has 0 aromatic heterocycles. The van der Waals surface area contributed by atoms with Crippen molar-refractivity contribution in [2.24, 2.45) is 4.99 Å². The van der Waals surface area contributed by atoms with Gasteiger partial charge in [0.2, 0.25) is 0 Å². The van der Waals surface area contributed by atoms with Crippen molar-refractivity contribution in [1.29, 1.82) is 0 Å². The van der Waals surface area contributed by atoms with Crippen LogP contribution in [0.15, 0.2) is 53.5 Å². The molecule has 0 aliphatic heterocycles. The van der Waals surface area contributed by atoms with Gasteiger partial charge in [0.15, 0.2) is 5.96 Å². The molecule has 0 aliphatic rings. The van der Waals surface area contributed by atoms with Crippen LogP contribution in [0.5, 0.6) is 0 Å². The van der Waals surface area contributed by atoms with Gasteiger partial charge in [-0.05, 0) is 43.2 Å². The number of carbonyl (C=O) groups is 1. The molecule has 0 saturated heterocycles. The number of hydrogen-bond donors (Lipinski definition) is 3. The molecule has 0 bridgehead atoms. The summed E-state index contributed by atoms with van der Waals surface area (Å²) in [6.45, 7) is 4.42. The van der Waals surface area contributed by atoms with Gasteiger partial charge in [0.25, 0.3) is 5.91 Å². The van der Waals surface area contributed by atoms with E-state index in [2.05, 4.69) is 20.9 Å². The van der Waals surface area contributed by atoms with Gasteiger partial charge in [0, 0.05) is 31.2 Å². The third-order valence-corrected chi connectivity index (χ3v) is 4.29. The van der Waals surface area contributed by atoms with Gasteiger partial charge in [-0.3, -0.25) is 9.79 Å². The lowest BCUT2D eigenvalue weighted by molar-refractivity contribution is 0.0954. The highest BCUT2D eigenvalue weighted by molar-refractivity contribution is 14.0. The number of halogens is 3. The molecule has 1 amide bonds. The van der Waals surface area contributed by atoms with E-state index in [1.54, 1.807) is 24.3 Å². The zero-order chi connectivity index (χ0) is 19.5. The molecule has 0 radical (unpaired) electrons. The quantitative estimate of drug-likeness (QED) is 0.206. The Hall–Kier alpha value is -1.51. The maximum absolute atomic E-state index is 12.1. The Morgan fingerprint density at radius 3 is 2.46 bits per heavy atom. The molecule has 0 heterocycles. The van der Waals surface area contributed by atoms with Gasteiger partial charge in [-0.1, -0.05) is 47.5 Å². The zero-order valence-electron chi connectivity index (χ0n) is 15.7. The van der Waals surface area contributed by atoms with Gasteiger partial charge < -0.3 is 16.0 Å². The first-order valence-electron chi connectivity index (χ1n) is 8.89. The molecule has 0 saturated carbocycles. The van der Waals surface area contributed by atoms with Gasteiger partial charge in [0.05, 0.1) is 10.6 Å². The maximum Gasteiger partial charge on any atom is 0.252 e. The molecule has 0 unspecified atom stereocenters. The molecule has 2 aromatic rings. The van der Waals surface area contributed by atoms with Crippen LogP contribution in [0.3, 0.4) is 0 Å². The van der Waals surface area contributed by atoms with Crippen LogP contribution in [0.25, 0.3) is 0 Å². The molecule has 2 rings (SSSR count). The van der Waals surface area contributed by atoms with E-state index in [0.717, 1.165) is 23.6 Å². The Bertz CT molecular complexity index is 786. The Labute approximate surface area is 193 Å². The second-order valence-electron chi connectivity index (χ2n) is 5.80. The fourth-order valence-electron chi connectivity index (χ4n) is 2.43. The summed E-state index contributed by atoms with van der Waals surface area (Å²) < 4.78 is 0. The van der Waals surface area contributed by atoms with Crippen LogP contribution in [0, 0.1) is 0 Å². The molecule has 8 heteroatoms. The third kappa shape index (κ3) is 8.67. The van der Waals surface area contributed by atoms with Gasteiger partial charge in [-0.2, -0.15) is 0 Å². The number of benzene rings is 2. The van der Waals surface area contributed by atoms with Gasteiger partial charge in [-0.25, -0.2) is 0 Å². The summed E-state index contributed by atoms with van der Waals surface area (Å²) in [5.41, 5.74) is 1.62. The second kappa shape index (κ2) is 13.6. The van der Waals surface area contributed by atoms with E-state index in [1.165, 1.54) is 0 Å². The van der Waals surface area contributed by atoms with Crippen LogP contribution in [0.2, 0.25) is 10.0 Å². The number of rotatable bonds is 8. The number of carbonyl (C=O) groups excluding carboxylic acids is 1. The maximum atomic E-state index is 12.1. The Kier molecular flexibility index (Phi) is 11.9. The van der Waals surface area contributed by atoms with Gasteiger partial charge >= 0.3 is 0 Å². The van der Waals surface area contributed by atoms with Gasteiger partial charge in [0.1, 0.15) is 0 Å². The lowest BCUT2D eigenvalue weighted by Gasteiger charge is -2.12. The topological polar surface area (TPSA) is 65.5 Å². The van der Waals surface area contributed by atoms with Crippen molar-refractivity contribution in [3.63, 3.8) is 0 Å². The van der Waals surface area contributed by atoms with E-state index >= 15 is 0 Å². The fourth-order valence-corrected chi connectivity index (χ4v) is 2.86. The lowest BCUT2D eigenvalue weighted by atomic mass is 10.1. The molecule has 0 aliphatic carbocycles. The number of aliphatic imine (C=N–C) groups is 1. The Morgan fingerprint density at radius 1 is 1.00 bits per heavy atom. The summed E-state index contributed by atoms with van der Waals surface area (Å²) >= 11 is 12.0. The van der Waals surface area contributed by atoms with Crippen molar-refractivity contribution < 1.29 is 4.79 Å². The van der Waals surface area contributed by atoms with Crippen molar-refractivity contribution in [2.45, 2.75) is 13.3 Å². The van der Waals surface area contributed by atoms with E-state index in [1.807, 2.05) is 31.2 Å². The summed E-state index contributed by atoms with van der Waals surface area (Å²) in [6.07, 6.45) is 0.806. The number of amides is 1. The molecule has 28 heavy (non-hydrogen) atoms. The average molecular weight is 535 g/mol. The molecule has 0 atom stereocenters. The van der Waals surface area contributed by atoms with Crippen molar-refractivity contribution in [1.82, 2.24) is 16.0 Å². The van der Waals surface area contributed by atoms with Crippen LogP contribution >= 0.6 is 47.2 Å². The number of guanidine groups is 1. The number of nitrogens with zero attached hydrogens (tertiary/aromatic N) is 1. The van der Waals surface area contributed by atoms with E-state index in [-0.39, 0.29) is 29.9 Å². The minimum Gasteiger partial charge on any atom is -0.357 e. The summed E-state index contributed by atoms with van der Waals surface area (Å²) in [5, 5.41) is 10.4. The first-order chi connectivity index (χ1) is 13.1. The highest BCUT2D eigenvalue weighted by Crippen LogP contribution is 2.14. The number of nitrogens with one attached hydrogen (secondary N) is 3. The minimum absolute atomic E-state index is 0. The molecule has 152 valence electrons. The Morgan fingerprint density at radius 2 is 1.75 bits per heavy atom. The van der Waals surface area contributed by atoms with E-state index < -0.39 is 0 Å². The van der Waals surface area contributed by atoms with Crippen LogP contribution in [0.4, 0.5) is 0 Å². The molecule has 2 aromatic carbocycles. The second-order valence-corrected chi connectivity index (χ2v) is 6.65. The van der Waals surface area contributed by atoms with Crippen LogP contribution in [0.1, 0.15) is 22.8 Å². The summed E-state index contributed by atoms with van der Waals surface area (Å²) in [4.78, 5) is 16.7. The van der Waals surface area contributed by atoms with Crippen LogP contribution in [-0.4, -0.2) is 38.0 Å². The fraction of sp³-hybridized carbons (Fsp3) is 0.300. The van der Waals surface area contributed by atoms with Crippen molar-refractivity contribution in [3.8, 4) is 0 Å². The molecular weight excluding hydrogens is 510 g/mol. The molecule has 0 spiro atoms. The summed E-state index contributed by atoms with van der Waals surface area (Å²) in [5.74, 6) is 0.525. The minimum atomic E-state index is -0.190. The lowest BCUT2D eigenvalue weighted by Crippen LogP contribution is -2.41. The predicted molar refractivity (Wildman–Crippen MR) is 128 cm³/mol. The molecule has 3 N–H and O–H groups in total. The first-order valence-corrected chi connectivity index (χ1v) is 9.65. The molecule has 5 nitrogen and oxygen atoms in total. The molecular formula is C20H25Cl2IN4O. The third-order valence-electron chi connectivity index (χ3n) is 3.73. The van der Waals surface area contributed by atoms with Crippen molar-refractivity contribution in [2.75, 3.05) is 26.2 Å². The van der Waals surface area contributed by atoms with Crippen LogP contribution in [-0.2, 0) is 6.42 Å². The molecule has 0 fully saturated rings. The van der Waals surface area contributed by atoms with E-state index in [9.17, 15) is 4.79 Å². The van der Waals surface area contributed by atoms with Crippen molar-refractivity contribution >= 4 is 59.0 Å². The SMILES string of the molecule is CCNC(=NCCc1cccc(Cl)c1)NCCNC(=O)c1ccccc1Cl.I. The van der Waals surface area contributed by atoms with E-state index in [0.29, 0.717) is 36.2 Å². The summed E-state index contributed by atoms with van der Waals surface area (Å²) in [6, 6.07) is 14.8.